The summed E-state index contributed by atoms with van der Waals surface area (Å²) in [6.45, 7) is 4.05. The standard InChI is InChI=1S/C17H23N3O4/c1-12(16(21)20-9-8-18-17(20)22)19-13-4-6-14(7-5-13)24-11-15-3-2-10-23-15/h4-7,12,15,19H,2-3,8-11H2,1H3,(H,18,22)/t12-,15-/m1/s1. The lowest BCUT2D eigenvalue weighted by atomic mass is 10.2. The van der Waals surface area contributed by atoms with Crippen LogP contribution in [0.5, 0.6) is 5.75 Å². The molecular formula is C17H23N3O4. The van der Waals surface area contributed by atoms with Crippen molar-refractivity contribution in [2.45, 2.75) is 31.9 Å². The first-order valence-corrected chi connectivity index (χ1v) is 8.33. The molecule has 2 N–H and O–H groups in total. The van der Waals surface area contributed by atoms with Gasteiger partial charge in [-0.1, -0.05) is 0 Å². The number of ether oxygens (including phenoxy) is 2. The molecule has 2 fully saturated rings. The molecule has 2 aliphatic rings. The van der Waals surface area contributed by atoms with Crippen molar-refractivity contribution in [3.8, 4) is 5.75 Å². The predicted octanol–water partition coefficient (Wildman–Crippen LogP) is 1.60. The molecule has 0 aromatic heterocycles. The number of rotatable bonds is 6. The van der Waals surface area contributed by atoms with Crippen molar-refractivity contribution >= 4 is 17.6 Å². The monoisotopic (exact) mass is 333 g/mol. The Morgan fingerprint density at radius 3 is 2.88 bits per heavy atom. The van der Waals surface area contributed by atoms with Crippen molar-refractivity contribution < 1.29 is 19.1 Å². The van der Waals surface area contributed by atoms with Gasteiger partial charge in [-0.05, 0) is 44.0 Å². The zero-order chi connectivity index (χ0) is 16.9. The number of nitrogens with one attached hydrogen (secondary N) is 2. The molecule has 2 saturated heterocycles. The maximum absolute atomic E-state index is 12.2. The highest BCUT2D eigenvalue weighted by molar-refractivity contribution is 5.99. The summed E-state index contributed by atoms with van der Waals surface area (Å²) in [5.41, 5.74) is 0.805. The van der Waals surface area contributed by atoms with E-state index in [-0.39, 0.29) is 18.0 Å². The Balaban J connectivity index is 1.49. The average Bonchev–Trinajstić information content (AvgIpc) is 3.25. The first kappa shape index (κ1) is 16.6. The van der Waals surface area contributed by atoms with Crippen LogP contribution >= 0.6 is 0 Å². The summed E-state index contributed by atoms with van der Waals surface area (Å²) >= 11 is 0. The summed E-state index contributed by atoms with van der Waals surface area (Å²) < 4.78 is 11.2. The van der Waals surface area contributed by atoms with Gasteiger partial charge in [-0.2, -0.15) is 0 Å². The first-order chi connectivity index (χ1) is 11.6. The smallest absolute Gasteiger partial charge is 0.324 e. The lowest BCUT2D eigenvalue weighted by Gasteiger charge is -2.20. The third kappa shape index (κ3) is 3.97. The van der Waals surface area contributed by atoms with Gasteiger partial charge in [0.2, 0.25) is 0 Å². The molecule has 3 amide bonds. The van der Waals surface area contributed by atoms with E-state index in [9.17, 15) is 9.59 Å². The molecule has 2 aliphatic heterocycles. The van der Waals surface area contributed by atoms with E-state index in [1.807, 2.05) is 24.3 Å². The van der Waals surface area contributed by atoms with E-state index in [4.69, 9.17) is 9.47 Å². The highest BCUT2D eigenvalue weighted by atomic mass is 16.5. The predicted molar refractivity (Wildman–Crippen MR) is 89.1 cm³/mol. The van der Waals surface area contributed by atoms with Crippen LogP contribution in [0, 0.1) is 0 Å². The normalized spacial score (nSPS) is 21.5. The molecule has 1 aromatic rings. The Kier molecular flexibility index (Phi) is 5.20. The van der Waals surface area contributed by atoms with E-state index in [1.165, 1.54) is 4.90 Å². The molecule has 0 unspecified atom stereocenters. The molecule has 7 heteroatoms. The van der Waals surface area contributed by atoms with E-state index in [0.29, 0.717) is 19.7 Å². The molecule has 7 nitrogen and oxygen atoms in total. The Morgan fingerprint density at radius 2 is 2.25 bits per heavy atom. The van der Waals surface area contributed by atoms with Gasteiger partial charge < -0.3 is 20.1 Å². The molecule has 2 heterocycles. The SMILES string of the molecule is C[C@@H](Nc1ccc(OC[C@H]2CCCO2)cc1)C(=O)N1CCNC1=O. The van der Waals surface area contributed by atoms with E-state index in [0.717, 1.165) is 30.9 Å². The van der Waals surface area contributed by atoms with Gasteiger partial charge in [-0.3, -0.25) is 9.69 Å². The van der Waals surface area contributed by atoms with E-state index in [1.54, 1.807) is 6.92 Å². The van der Waals surface area contributed by atoms with E-state index in [2.05, 4.69) is 10.6 Å². The van der Waals surface area contributed by atoms with E-state index >= 15 is 0 Å². The van der Waals surface area contributed by atoms with Gasteiger partial charge in [-0.25, -0.2) is 4.79 Å². The summed E-state index contributed by atoms with van der Waals surface area (Å²) in [5.74, 6) is 0.539. The fourth-order valence-electron chi connectivity index (χ4n) is 2.84. The fraction of sp³-hybridized carbons (Fsp3) is 0.529. The maximum atomic E-state index is 12.2. The van der Waals surface area contributed by atoms with Crippen LogP contribution in [0.2, 0.25) is 0 Å². The largest absolute Gasteiger partial charge is 0.491 e. The summed E-state index contributed by atoms with van der Waals surface area (Å²) in [7, 11) is 0. The molecule has 3 rings (SSSR count). The molecule has 0 radical (unpaired) electrons. The molecule has 130 valence electrons. The Bertz CT molecular complexity index is 584. The van der Waals surface area contributed by atoms with Crippen LogP contribution < -0.4 is 15.4 Å². The molecule has 1 aromatic carbocycles. The van der Waals surface area contributed by atoms with Gasteiger partial charge in [0, 0.05) is 25.4 Å². The van der Waals surface area contributed by atoms with Gasteiger partial charge in [0.1, 0.15) is 18.4 Å². The van der Waals surface area contributed by atoms with Crippen LogP contribution in [0.3, 0.4) is 0 Å². The Hall–Kier alpha value is -2.28. The zero-order valence-electron chi connectivity index (χ0n) is 13.8. The van der Waals surface area contributed by atoms with Crippen LogP contribution in [0.1, 0.15) is 19.8 Å². The minimum absolute atomic E-state index is 0.187. The second-order valence-corrected chi connectivity index (χ2v) is 6.06. The molecule has 2 atom stereocenters. The van der Waals surface area contributed by atoms with E-state index < -0.39 is 6.04 Å². The number of amides is 3. The van der Waals surface area contributed by atoms with Crippen molar-refractivity contribution in [1.82, 2.24) is 10.2 Å². The molecule has 0 saturated carbocycles. The average molecular weight is 333 g/mol. The highest BCUT2D eigenvalue weighted by Gasteiger charge is 2.29. The maximum Gasteiger partial charge on any atom is 0.324 e. The van der Waals surface area contributed by atoms with Crippen molar-refractivity contribution in [2.24, 2.45) is 0 Å². The topological polar surface area (TPSA) is 79.9 Å². The lowest BCUT2D eigenvalue weighted by molar-refractivity contribution is -0.128. The zero-order valence-corrected chi connectivity index (χ0v) is 13.8. The summed E-state index contributed by atoms with van der Waals surface area (Å²) in [5, 5.41) is 5.74. The van der Waals surface area contributed by atoms with Crippen molar-refractivity contribution in [3.05, 3.63) is 24.3 Å². The second kappa shape index (κ2) is 7.53. The molecule has 0 aliphatic carbocycles. The fourth-order valence-corrected chi connectivity index (χ4v) is 2.84. The molecular weight excluding hydrogens is 310 g/mol. The van der Waals surface area contributed by atoms with Crippen molar-refractivity contribution in [2.75, 3.05) is 31.6 Å². The molecule has 0 spiro atoms. The van der Waals surface area contributed by atoms with Crippen LogP contribution in [0.25, 0.3) is 0 Å². The number of imide groups is 1. The number of carbonyl (C=O) groups excluding carboxylic acids is 2. The summed E-state index contributed by atoms with van der Waals surface area (Å²) in [6, 6.07) is 6.63. The molecule has 0 bridgehead atoms. The van der Waals surface area contributed by atoms with Crippen LogP contribution in [0.4, 0.5) is 10.5 Å². The second-order valence-electron chi connectivity index (χ2n) is 6.06. The summed E-state index contributed by atoms with van der Waals surface area (Å²) in [4.78, 5) is 25.0. The number of anilines is 1. The third-order valence-electron chi connectivity index (χ3n) is 4.19. The lowest BCUT2D eigenvalue weighted by Crippen LogP contribution is -2.43. The van der Waals surface area contributed by atoms with Gasteiger partial charge in [-0.15, -0.1) is 0 Å². The Morgan fingerprint density at radius 1 is 1.46 bits per heavy atom. The van der Waals surface area contributed by atoms with Crippen molar-refractivity contribution in [3.63, 3.8) is 0 Å². The minimum Gasteiger partial charge on any atom is -0.491 e. The number of nitrogens with zero attached hydrogens (tertiary/aromatic N) is 1. The van der Waals surface area contributed by atoms with Gasteiger partial charge in [0.25, 0.3) is 5.91 Å². The number of hydrogen-bond donors (Lipinski definition) is 2. The number of hydrogen-bond acceptors (Lipinski definition) is 5. The number of benzene rings is 1. The summed E-state index contributed by atoms with van der Waals surface area (Å²) in [6.07, 6.45) is 2.33. The third-order valence-corrected chi connectivity index (χ3v) is 4.19. The van der Waals surface area contributed by atoms with Crippen LogP contribution in [-0.4, -0.2) is 55.3 Å². The minimum atomic E-state index is -0.479. The Labute approximate surface area is 141 Å². The van der Waals surface area contributed by atoms with Gasteiger partial charge >= 0.3 is 6.03 Å². The van der Waals surface area contributed by atoms with Crippen LogP contribution in [0.15, 0.2) is 24.3 Å². The van der Waals surface area contributed by atoms with Crippen LogP contribution in [-0.2, 0) is 9.53 Å². The quantitative estimate of drug-likeness (QED) is 0.826. The number of urea groups is 1. The first-order valence-electron chi connectivity index (χ1n) is 8.33. The van der Waals surface area contributed by atoms with Crippen molar-refractivity contribution in [1.29, 1.82) is 0 Å². The highest BCUT2D eigenvalue weighted by Crippen LogP contribution is 2.19. The number of carbonyl (C=O) groups is 2. The molecule has 24 heavy (non-hydrogen) atoms. The van der Waals surface area contributed by atoms with Gasteiger partial charge in [0.15, 0.2) is 0 Å². The van der Waals surface area contributed by atoms with Gasteiger partial charge in [0.05, 0.1) is 6.10 Å².